The summed E-state index contributed by atoms with van der Waals surface area (Å²) >= 11 is 1.81. The number of amidine groups is 1. The number of hydrogen-bond donors (Lipinski definition) is 1. The second-order valence-corrected chi connectivity index (χ2v) is 6.11. The van der Waals surface area contributed by atoms with Gasteiger partial charge >= 0.3 is 0 Å². The average molecular weight is 266 g/mol. The molecule has 0 amide bonds. The first-order chi connectivity index (χ1) is 8.60. The smallest absolute Gasteiger partial charge is 0.161 e. The Morgan fingerprint density at radius 3 is 3.00 bits per heavy atom. The fraction of sp³-hybridized carbons (Fsp3) is 0.692. The van der Waals surface area contributed by atoms with Crippen LogP contribution in [-0.4, -0.2) is 26.7 Å². The first-order valence-corrected chi connectivity index (χ1v) is 7.58. The predicted octanol–water partition coefficient (Wildman–Crippen LogP) is 2.91. The number of anilines is 1. The fourth-order valence-electron chi connectivity index (χ4n) is 2.09. The summed E-state index contributed by atoms with van der Waals surface area (Å²) in [5.41, 5.74) is 2.20. The Bertz CT molecular complexity index is 436. The lowest BCUT2D eigenvalue weighted by atomic mass is 10.0. The van der Waals surface area contributed by atoms with Crippen molar-refractivity contribution in [3.63, 3.8) is 0 Å². The average Bonchev–Trinajstić information content (AvgIpc) is 2.69. The zero-order valence-corrected chi connectivity index (χ0v) is 12.4. The lowest BCUT2D eigenvalue weighted by Crippen LogP contribution is -2.24. The van der Waals surface area contributed by atoms with Crippen molar-refractivity contribution in [1.29, 1.82) is 0 Å². The molecule has 1 unspecified atom stereocenters. The molecule has 0 saturated heterocycles. The van der Waals surface area contributed by atoms with Gasteiger partial charge in [0, 0.05) is 19.0 Å². The van der Waals surface area contributed by atoms with E-state index in [-0.39, 0.29) is 0 Å². The normalized spacial score (nSPS) is 20.1. The first kappa shape index (κ1) is 13.5. The van der Waals surface area contributed by atoms with Crippen molar-refractivity contribution in [2.24, 2.45) is 18.0 Å². The molecule has 18 heavy (non-hydrogen) atoms. The van der Waals surface area contributed by atoms with Gasteiger partial charge in [-0.1, -0.05) is 32.5 Å². The minimum atomic E-state index is 0.454. The highest BCUT2D eigenvalue weighted by Gasteiger charge is 2.19. The summed E-state index contributed by atoms with van der Waals surface area (Å²) in [6, 6.07) is 0.454. The number of hydrogen-bond acceptors (Lipinski definition) is 4. The summed E-state index contributed by atoms with van der Waals surface area (Å²) in [4.78, 5) is 4.79. The molecule has 0 saturated carbocycles. The summed E-state index contributed by atoms with van der Waals surface area (Å²) in [6.45, 7) is 6.60. The van der Waals surface area contributed by atoms with Gasteiger partial charge in [0.05, 0.1) is 17.4 Å². The minimum absolute atomic E-state index is 0.454. The van der Waals surface area contributed by atoms with E-state index in [0.29, 0.717) is 12.0 Å². The summed E-state index contributed by atoms with van der Waals surface area (Å²) in [5, 5.41) is 8.92. The van der Waals surface area contributed by atoms with Crippen LogP contribution in [0.2, 0.25) is 0 Å². The molecule has 0 bridgehead atoms. The van der Waals surface area contributed by atoms with Crippen LogP contribution >= 0.6 is 11.8 Å². The highest BCUT2D eigenvalue weighted by atomic mass is 32.2. The van der Waals surface area contributed by atoms with E-state index in [1.54, 1.807) is 0 Å². The molecule has 0 fully saturated rings. The maximum atomic E-state index is 4.79. The number of nitrogens with zero attached hydrogens (tertiary/aromatic N) is 3. The molecule has 0 radical (unpaired) electrons. The van der Waals surface area contributed by atoms with Crippen LogP contribution in [0, 0.1) is 5.92 Å². The maximum absolute atomic E-state index is 4.79. The molecule has 1 aliphatic heterocycles. The molecule has 1 aromatic rings. The van der Waals surface area contributed by atoms with E-state index >= 15 is 0 Å². The van der Waals surface area contributed by atoms with E-state index in [2.05, 4.69) is 31.2 Å². The highest BCUT2D eigenvalue weighted by Crippen LogP contribution is 2.24. The number of aromatic nitrogens is 2. The van der Waals surface area contributed by atoms with E-state index in [4.69, 9.17) is 4.99 Å². The Kier molecular flexibility index (Phi) is 4.32. The molecule has 2 rings (SSSR count). The number of rotatable bonds is 3. The molecule has 5 heteroatoms. The van der Waals surface area contributed by atoms with Crippen LogP contribution in [-0.2, 0) is 13.5 Å². The van der Waals surface area contributed by atoms with E-state index < -0.39 is 0 Å². The largest absolute Gasteiger partial charge is 0.332 e. The molecule has 0 aliphatic carbocycles. The van der Waals surface area contributed by atoms with Gasteiger partial charge in [0.1, 0.15) is 0 Å². The lowest BCUT2D eigenvalue weighted by Gasteiger charge is -2.23. The number of aryl methyl sites for hydroxylation is 2. The van der Waals surface area contributed by atoms with Crippen molar-refractivity contribution >= 4 is 22.6 Å². The van der Waals surface area contributed by atoms with Crippen LogP contribution in [0.3, 0.4) is 0 Å². The van der Waals surface area contributed by atoms with E-state index in [0.717, 1.165) is 28.7 Å². The Morgan fingerprint density at radius 1 is 1.56 bits per heavy atom. The summed E-state index contributed by atoms with van der Waals surface area (Å²) in [5.74, 6) is 1.76. The zero-order valence-electron chi connectivity index (χ0n) is 11.6. The van der Waals surface area contributed by atoms with E-state index in [9.17, 15) is 0 Å². The topological polar surface area (TPSA) is 42.2 Å². The van der Waals surface area contributed by atoms with Gasteiger partial charge in [-0.2, -0.15) is 5.10 Å². The van der Waals surface area contributed by atoms with E-state index in [1.807, 2.05) is 29.7 Å². The van der Waals surface area contributed by atoms with Gasteiger partial charge < -0.3 is 5.32 Å². The molecule has 0 spiro atoms. The summed E-state index contributed by atoms with van der Waals surface area (Å²) in [7, 11) is 1.96. The van der Waals surface area contributed by atoms with Gasteiger partial charge in [-0.25, -0.2) is 0 Å². The molecular formula is C13H22N4S. The van der Waals surface area contributed by atoms with Crippen LogP contribution in [0.25, 0.3) is 0 Å². The zero-order chi connectivity index (χ0) is 13.1. The third kappa shape index (κ3) is 3.07. The van der Waals surface area contributed by atoms with Crippen LogP contribution in [0.1, 0.15) is 32.9 Å². The maximum Gasteiger partial charge on any atom is 0.161 e. The molecule has 0 aromatic carbocycles. The third-order valence-electron chi connectivity index (χ3n) is 3.19. The summed E-state index contributed by atoms with van der Waals surface area (Å²) in [6.07, 6.45) is 4.15. The molecular weight excluding hydrogens is 244 g/mol. The molecule has 1 aliphatic rings. The Morgan fingerprint density at radius 2 is 2.33 bits per heavy atom. The fourth-order valence-corrected chi connectivity index (χ4v) is 3.04. The van der Waals surface area contributed by atoms with Gasteiger partial charge in [-0.3, -0.25) is 9.67 Å². The van der Waals surface area contributed by atoms with Crippen molar-refractivity contribution in [1.82, 2.24) is 9.78 Å². The molecule has 2 heterocycles. The van der Waals surface area contributed by atoms with Crippen molar-refractivity contribution in [2.45, 2.75) is 39.7 Å². The number of nitrogens with one attached hydrogen (secondary N) is 1. The predicted molar refractivity (Wildman–Crippen MR) is 79.3 cm³/mol. The van der Waals surface area contributed by atoms with Crippen molar-refractivity contribution in [3.8, 4) is 0 Å². The third-order valence-corrected chi connectivity index (χ3v) is 4.11. The van der Waals surface area contributed by atoms with Crippen molar-refractivity contribution in [3.05, 3.63) is 11.9 Å². The van der Waals surface area contributed by atoms with Gasteiger partial charge in [-0.15, -0.1) is 0 Å². The minimum Gasteiger partial charge on any atom is -0.332 e. The number of thioether (sulfide) groups is 1. The van der Waals surface area contributed by atoms with Gasteiger partial charge in [0.2, 0.25) is 0 Å². The summed E-state index contributed by atoms with van der Waals surface area (Å²) < 4.78 is 1.86. The Hall–Kier alpha value is -0.970. The van der Waals surface area contributed by atoms with Gasteiger partial charge in [0.25, 0.3) is 0 Å². The molecule has 1 atom stereocenters. The van der Waals surface area contributed by atoms with Crippen LogP contribution < -0.4 is 5.32 Å². The molecule has 100 valence electrons. The molecule has 1 N–H and O–H groups in total. The second-order valence-electron chi connectivity index (χ2n) is 5.02. The first-order valence-electron chi connectivity index (χ1n) is 6.60. The van der Waals surface area contributed by atoms with Crippen LogP contribution in [0.15, 0.2) is 11.2 Å². The SMILES string of the molecule is CCc1nn(C)cc1NC1=NC(C(C)C)CCS1. The van der Waals surface area contributed by atoms with Crippen LogP contribution in [0.5, 0.6) is 0 Å². The number of aliphatic imine (C=N–C) groups is 1. The second kappa shape index (κ2) is 5.78. The molecule has 1 aromatic heterocycles. The van der Waals surface area contributed by atoms with Crippen molar-refractivity contribution < 1.29 is 0 Å². The monoisotopic (exact) mass is 266 g/mol. The molecule has 4 nitrogen and oxygen atoms in total. The van der Waals surface area contributed by atoms with Gasteiger partial charge in [0.15, 0.2) is 5.17 Å². The van der Waals surface area contributed by atoms with Crippen LogP contribution in [0.4, 0.5) is 5.69 Å². The van der Waals surface area contributed by atoms with E-state index in [1.165, 1.54) is 6.42 Å². The quantitative estimate of drug-likeness (QED) is 0.914. The highest BCUT2D eigenvalue weighted by molar-refractivity contribution is 8.14. The Labute approximate surface area is 113 Å². The standard InChI is InChI=1S/C13H22N4S/c1-5-10-12(8-17(4)16-10)15-13-14-11(9(2)3)6-7-18-13/h8-9,11H,5-7H2,1-4H3,(H,14,15). The van der Waals surface area contributed by atoms with Crippen molar-refractivity contribution in [2.75, 3.05) is 11.1 Å². The van der Waals surface area contributed by atoms with Gasteiger partial charge in [-0.05, 0) is 18.8 Å². The lowest BCUT2D eigenvalue weighted by molar-refractivity contribution is 0.485. The Balaban J connectivity index is 2.12.